The van der Waals surface area contributed by atoms with Gasteiger partial charge in [0.2, 0.25) is 17.7 Å². The minimum Gasteiger partial charge on any atom is -0.481 e. The van der Waals surface area contributed by atoms with Gasteiger partial charge in [-0.05, 0) is 24.3 Å². The van der Waals surface area contributed by atoms with Crippen LogP contribution in [0.5, 0.6) is 23.3 Å². The van der Waals surface area contributed by atoms with E-state index in [0.29, 0.717) is 10.7 Å². The van der Waals surface area contributed by atoms with E-state index in [1.54, 1.807) is 4.72 Å². The van der Waals surface area contributed by atoms with Gasteiger partial charge in [-0.3, -0.25) is 20.1 Å². The number of ether oxygens (including phenoxy) is 3. The summed E-state index contributed by atoms with van der Waals surface area (Å²) in [5, 5.41) is 32.8. The molecular weight excluding hydrogens is 762 g/mol. The monoisotopic (exact) mass is 781 g/mol. The second-order valence-corrected chi connectivity index (χ2v) is 11.6. The second kappa shape index (κ2) is 15.7. The third kappa shape index (κ3) is 9.83. The number of rotatable bonds is 10. The Morgan fingerprint density at radius 3 is 2.08 bits per heavy atom. The number of hydrogen-bond donors (Lipinski definition) is 4. The Kier molecular flexibility index (Phi) is 12.2. The number of alkyl halides is 3. The van der Waals surface area contributed by atoms with E-state index in [-0.39, 0.29) is 34.2 Å². The summed E-state index contributed by atoms with van der Waals surface area (Å²) in [6.07, 6.45) is -4.58. The van der Waals surface area contributed by atoms with Gasteiger partial charge in [-0.1, -0.05) is 23.2 Å². The van der Waals surface area contributed by atoms with Gasteiger partial charge in [-0.15, -0.1) is 0 Å². The van der Waals surface area contributed by atoms with Crippen molar-refractivity contribution in [1.82, 2.24) is 24.5 Å². The molecule has 0 unspecified atom stereocenters. The number of methoxy groups -OCH3 is 2. The number of benzene rings is 2. The molecule has 0 spiro atoms. The molecule has 2 aromatic carbocycles. The number of nitro groups is 1. The lowest BCUT2D eigenvalue weighted by molar-refractivity contribution is -0.385. The van der Waals surface area contributed by atoms with Gasteiger partial charge in [0.15, 0.2) is 10.2 Å². The van der Waals surface area contributed by atoms with Crippen molar-refractivity contribution in [1.29, 1.82) is 0 Å². The number of carboxylic acid groups (broad SMARTS) is 2. The summed E-state index contributed by atoms with van der Waals surface area (Å²) in [6, 6.07) is 5.33. The summed E-state index contributed by atoms with van der Waals surface area (Å²) < 4.78 is 79.8. The summed E-state index contributed by atoms with van der Waals surface area (Å²) in [7, 11) is -0.858. The highest BCUT2D eigenvalue weighted by molar-refractivity contribution is 7.90. The van der Waals surface area contributed by atoms with E-state index in [0.717, 1.165) is 37.4 Å². The number of aryl methyl sites for hydroxylation is 1. The molecule has 4 N–H and O–H groups in total. The van der Waals surface area contributed by atoms with Crippen LogP contribution in [0.15, 0.2) is 47.5 Å². The fourth-order valence-electron chi connectivity index (χ4n) is 3.73. The highest BCUT2D eigenvalue weighted by Gasteiger charge is 2.33. The zero-order valence-electron chi connectivity index (χ0n) is 25.6. The molecule has 272 valence electrons. The zero-order chi connectivity index (χ0) is 38.4. The summed E-state index contributed by atoms with van der Waals surface area (Å²) in [5.74, 6) is -3.69. The molecule has 19 nitrogen and oxygen atoms in total. The van der Waals surface area contributed by atoms with Crippen molar-refractivity contribution < 1.29 is 65.3 Å². The number of hydrogen-bond acceptors (Lipinski definition) is 13. The number of carbonyl (C=O) groups excluding carboxylic acids is 1. The van der Waals surface area contributed by atoms with Crippen LogP contribution in [0, 0.1) is 10.1 Å². The average Bonchev–Trinajstić information content (AvgIpc) is 3.35. The van der Waals surface area contributed by atoms with Crippen LogP contribution in [0.25, 0.3) is 0 Å². The zero-order valence-corrected chi connectivity index (χ0v) is 27.9. The van der Waals surface area contributed by atoms with Gasteiger partial charge in [0, 0.05) is 19.2 Å². The van der Waals surface area contributed by atoms with Crippen LogP contribution in [-0.4, -0.2) is 75.5 Å². The summed E-state index contributed by atoms with van der Waals surface area (Å²) in [4.78, 5) is 51.8. The number of nitro benzene ring substituents is 1. The SMILES string of the molecule is COc1cc(OC)nc(NC(=O)NS(=O)(=O)c2c(C(=O)O)c(Cl)nn2C)n1.O=C(O)c1cc(Oc2ccc(C(F)(F)F)cc2Cl)ccc1[N+](=O)[O-]. The Balaban J connectivity index is 0.000000277. The smallest absolute Gasteiger partial charge is 0.416 e. The maximum atomic E-state index is 12.6. The topological polar surface area (TPSA) is 264 Å². The van der Waals surface area contributed by atoms with Gasteiger partial charge in [0.05, 0.1) is 35.8 Å². The molecule has 0 radical (unpaired) electrons. The lowest BCUT2D eigenvalue weighted by atomic mass is 10.1. The molecule has 0 saturated carbocycles. The van der Waals surface area contributed by atoms with E-state index >= 15 is 0 Å². The first-order valence-electron chi connectivity index (χ1n) is 13.0. The van der Waals surface area contributed by atoms with Crippen LogP contribution >= 0.6 is 23.2 Å². The van der Waals surface area contributed by atoms with Gasteiger partial charge in [0.25, 0.3) is 15.7 Å². The van der Waals surface area contributed by atoms with Crippen molar-refractivity contribution in [2.24, 2.45) is 7.05 Å². The lowest BCUT2D eigenvalue weighted by Gasteiger charge is -2.11. The van der Waals surface area contributed by atoms with Crippen LogP contribution < -0.4 is 24.2 Å². The molecule has 4 aromatic rings. The van der Waals surface area contributed by atoms with Crippen LogP contribution in [-0.2, 0) is 23.2 Å². The molecule has 0 aliphatic heterocycles. The van der Waals surface area contributed by atoms with Gasteiger partial charge in [0.1, 0.15) is 22.6 Å². The van der Waals surface area contributed by atoms with Crippen molar-refractivity contribution in [3.8, 4) is 23.3 Å². The second-order valence-electron chi connectivity index (χ2n) is 9.22. The fourth-order valence-corrected chi connectivity index (χ4v) is 5.52. The summed E-state index contributed by atoms with van der Waals surface area (Å²) >= 11 is 11.4. The molecule has 51 heavy (non-hydrogen) atoms. The van der Waals surface area contributed by atoms with Crippen LogP contribution in [0.1, 0.15) is 26.3 Å². The number of anilines is 1. The van der Waals surface area contributed by atoms with E-state index in [2.05, 4.69) is 20.4 Å². The van der Waals surface area contributed by atoms with Gasteiger partial charge in [-0.2, -0.15) is 36.7 Å². The molecule has 2 heterocycles. The van der Waals surface area contributed by atoms with Crippen molar-refractivity contribution in [3.63, 3.8) is 0 Å². The van der Waals surface area contributed by atoms with Crippen molar-refractivity contribution in [3.05, 3.63) is 79.4 Å². The number of nitrogens with one attached hydrogen (secondary N) is 2. The standard InChI is InChI=1S/C14H7ClF3NO5.C12H13ClN6O7S/c15-10-5-7(14(16,17)18)1-4-12(10)24-8-2-3-11(19(22)23)9(6-8)13(20)21;1-19-9(7(10(20)21)8(13)17-19)27(23,24)18-12(22)16-11-14-5(25-2)4-6(15-11)26-3/h1-6H,(H,20,21);4H,1-3H3,(H,20,21)(H2,14,15,16,18,22). The van der Waals surface area contributed by atoms with Crippen molar-refractivity contribution in [2.75, 3.05) is 19.5 Å². The predicted octanol–water partition coefficient (Wildman–Crippen LogP) is 4.85. The Morgan fingerprint density at radius 2 is 1.59 bits per heavy atom. The Morgan fingerprint density at radius 1 is 0.980 bits per heavy atom. The van der Waals surface area contributed by atoms with Gasteiger partial charge in [-0.25, -0.2) is 19.1 Å². The van der Waals surface area contributed by atoms with E-state index in [1.165, 1.54) is 20.3 Å². The molecule has 0 aliphatic rings. The normalized spacial score (nSPS) is 11.1. The quantitative estimate of drug-likeness (QED) is 0.124. The number of nitrogens with zero attached hydrogens (tertiary/aromatic N) is 5. The molecule has 0 fully saturated rings. The number of amides is 2. The fraction of sp³-hybridized carbons (Fsp3) is 0.154. The van der Waals surface area contributed by atoms with Gasteiger partial charge >= 0.3 is 24.1 Å². The summed E-state index contributed by atoms with van der Waals surface area (Å²) in [5.41, 5.74) is -3.03. The van der Waals surface area contributed by atoms with Gasteiger partial charge < -0.3 is 24.4 Å². The number of urea groups is 1. The number of aromatic carboxylic acids is 2. The first kappa shape index (κ1) is 39.5. The molecule has 2 amide bonds. The molecule has 0 atom stereocenters. The maximum Gasteiger partial charge on any atom is 0.416 e. The number of carboxylic acids is 2. The molecule has 0 saturated heterocycles. The third-order valence-electron chi connectivity index (χ3n) is 5.85. The van der Waals surface area contributed by atoms with Crippen LogP contribution in [0.3, 0.4) is 0 Å². The van der Waals surface area contributed by atoms with E-state index in [9.17, 15) is 46.1 Å². The Hall–Kier alpha value is -5.94. The van der Waals surface area contributed by atoms with E-state index in [4.69, 9.17) is 47.6 Å². The minimum absolute atomic E-state index is 0.0478. The highest BCUT2D eigenvalue weighted by Crippen LogP contribution is 2.37. The molecular formula is C26H20Cl2F3N7O12S. The van der Waals surface area contributed by atoms with Crippen LogP contribution in [0.2, 0.25) is 10.2 Å². The minimum atomic E-state index is -4.64. The molecule has 2 aromatic heterocycles. The molecule has 0 aliphatic carbocycles. The molecule has 0 bridgehead atoms. The Labute approximate surface area is 292 Å². The van der Waals surface area contributed by atoms with Crippen molar-refractivity contribution in [2.45, 2.75) is 11.2 Å². The molecule has 4 rings (SSSR count). The Bertz CT molecular complexity index is 2110. The average molecular weight is 782 g/mol. The molecule has 25 heteroatoms. The maximum absolute atomic E-state index is 12.6. The van der Waals surface area contributed by atoms with Crippen LogP contribution in [0.4, 0.5) is 29.6 Å². The van der Waals surface area contributed by atoms with E-state index < -0.39 is 71.6 Å². The van der Waals surface area contributed by atoms with Crippen molar-refractivity contribution >= 4 is 62.8 Å². The highest BCUT2D eigenvalue weighted by atomic mass is 35.5. The number of halogens is 5. The number of aromatic nitrogens is 4. The van der Waals surface area contributed by atoms with E-state index in [1.807, 2.05) is 0 Å². The number of sulfonamides is 1. The lowest BCUT2D eigenvalue weighted by Crippen LogP contribution is -2.36. The first-order chi connectivity index (χ1) is 23.7. The number of carbonyl (C=O) groups is 3. The third-order valence-corrected chi connectivity index (χ3v) is 7.84. The first-order valence-corrected chi connectivity index (χ1v) is 15.2. The largest absolute Gasteiger partial charge is 0.481 e. The predicted molar refractivity (Wildman–Crippen MR) is 166 cm³/mol. The summed E-state index contributed by atoms with van der Waals surface area (Å²) in [6.45, 7) is 0.